The molecule has 76 valence electrons. The van der Waals surface area contributed by atoms with Crippen LogP contribution >= 0.6 is 0 Å². The van der Waals surface area contributed by atoms with E-state index in [0.29, 0.717) is 6.42 Å². The third kappa shape index (κ3) is 2.03. The first kappa shape index (κ1) is 10.5. The summed E-state index contributed by atoms with van der Waals surface area (Å²) in [6.07, 6.45) is 2.40. The van der Waals surface area contributed by atoms with Crippen molar-refractivity contribution in [3.8, 4) is 0 Å². The Morgan fingerprint density at radius 2 is 2.29 bits per heavy atom. The Hall–Kier alpha value is -1.54. The number of rotatable bonds is 3. The highest BCUT2D eigenvalue weighted by Crippen LogP contribution is 2.21. The molecule has 1 aliphatic heterocycles. The number of nitrogens with one attached hydrogen (secondary N) is 1. The lowest BCUT2D eigenvalue weighted by molar-refractivity contribution is -0.118. The van der Waals surface area contributed by atoms with Gasteiger partial charge in [-0.25, -0.2) is 4.79 Å². The minimum absolute atomic E-state index is 0.136. The van der Waals surface area contributed by atoms with Gasteiger partial charge in [0, 0.05) is 5.54 Å². The van der Waals surface area contributed by atoms with Crippen molar-refractivity contribution in [2.75, 3.05) is 6.54 Å². The maximum atomic E-state index is 11.3. The Morgan fingerprint density at radius 3 is 2.71 bits per heavy atom. The van der Waals surface area contributed by atoms with Gasteiger partial charge >= 0.3 is 6.03 Å². The number of carbonyl (C=O) groups is 2. The lowest BCUT2D eigenvalue weighted by Crippen LogP contribution is -2.45. The molecular weight excluding hydrogens is 180 g/mol. The van der Waals surface area contributed by atoms with E-state index in [0.717, 1.165) is 0 Å². The third-order valence-electron chi connectivity index (χ3n) is 2.27. The summed E-state index contributed by atoms with van der Waals surface area (Å²) in [6, 6.07) is -0.322. The first-order chi connectivity index (χ1) is 6.47. The number of carbonyl (C=O) groups excluding carboxylic acids is 2. The smallest absolute Gasteiger partial charge is 0.310 e. The van der Waals surface area contributed by atoms with Crippen LogP contribution in [0.3, 0.4) is 0 Å². The highest BCUT2D eigenvalue weighted by Gasteiger charge is 2.36. The van der Waals surface area contributed by atoms with E-state index in [4.69, 9.17) is 0 Å². The van der Waals surface area contributed by atoms with Crippen LogP contribution in [0.2, 0.25) is 0 Å². The molecule has 0 aromatic heterocycles. The van der Waals surface area contributed by atoms with Crippen molar-refractivity contribution in [1.82, 2.24) is 10.2 Å². The Bertz CT molecular complexity index is 314. The highest BCUT2D eigenvalue weighted by molar-refractivity contribution is 6.02. The summed E-state index contributed by atoms with van der Waals surface area (Å²) in [5.74, 6) is -0.245. The first-order valence-electron chi connectivity index (χ1n) is 4.43. The molecule has 14 heavy (non-hydrogen) atoms. The molecule has 1 heterocycles. The standard InChI is InChI=1S/C10H14N2O2/c1-4-5-6-10(2,3)12-7-8(13)11-9(12)14/h5H,1,6-7H2,2-3H3,(H,11,13,14). The number of hydrogen-bond acceptors (Lipinski definition) is 2. The molecule has 0 radical (unpaired) electrons. The zero-order valence-electron chi connectivity index (χ0n) is 8.46. The second-order valence-electron chi connectivity index (χ2n) is 3.86. The lowest BCUT2D eigenvalue weighted by atomic mass is 9.99. The van der Waals surface area contributed by atoms with Gasteiger partial charge in [0.2, 0.25) is 5.91 Å². The monoisotopic (exact) mass is 194 g/mol. The van der Waals surface area contributed by atoms with Gasteiger partial charge in [-0.3, -0.25) is 10.1 Å². The average molecular weight is 194 g/mol. The molecule has 1 rings (SSSR count). The van der Waals surface area contributed by atoms with Gasteiger partial charge in [-0.15, -0.1) is 5.73 Å². The molecule has 3 amide bonds. The van der Waals surface area contributed by atoms with Crippen LogP contribution in [0.1, 0.15) is 20.3 Å². The maximum Gasteiger partial charge on any atom is 0.325 e. The molecule has 0 unspecified atom stereocenters. The summed E-state index contributed by atoms with van der Waals surface area (Å²) in [4.78, 5) is 23.8. The Labute approximate surface area is 83.3 Å². The van der Waals surface area contributed by atoms with Gasteiger partial charge in [0.25, 0.3) is 0 Å². The molecule has 0 atom stereocenters. The van der Waals surface area contributed by atoms with Crippen molar-refractivity contribution in [2.45, 2.75) is 25.8 Å². The van der Waals surface area contributed by atoms with Crippen LogP contribution in [0.5, 0.6) is 0 Å². The van der Waals surface area contributed by atoms with Crippen molar-refractivity contribution >= 4 is 11.9 Å². The second kappa shape index (κ2) is 3.68. The normalized spacial score (nSPS) is 16.6. The minimum Gasteiger partial charge on any atom is -0.310 e. The van der Waals surface area contributed by atoms with Crippen LogP contribution in [0, 0.1) is 0 Å². The fourth-order valence-electron chi connectivity index (χ4n) is 1.36. The Morgan fingerprint density at radius 1 is 1.64 bits per heavy atom. The number of imide groups is 1. The van der Waals surface area contributed by atoms with Gasteiger partial charge in [-0.2, -0.15) is 0 Å². The summed E-state index contributed by atoms with van der Waals surface area (Å²) in [5.41, 5.74) is 2.28. The first-order valence-corrected chi connectivity index (χ1v) is 4.43. The largest absolute Gasteiger partial charge is 0.325 e. The van der Waals surface area contributed by atoms with E-state index in [-0.39, 0.29) is 24.0 Å². The summed E-state index contributed by atoms with van der Waals surface area (Å²) in [5, 5.41) is 2.25. The molecule has 4 heteroatoms. The molecule has 0 bridgehead atoms. The van der Waals surface area contributed by atoms with Gasteiger partial charge in [0.15, 0.2) is 0 Å². The van der Waals surface area contributed by atoms with E-state index >= 15 is 0 Å². The van der Waals surface area contributed by atoms with Crippen LogP contribution in [0.15, 0.2) is 18.4 Å². The van der Waals surface area contributed by atoms with E-state index in [1.54, 1.807) is 6.08 Å². The number of amides is 3. The van der Waals surface area contributed by atoms with Crippen molar-refractivity contribution in [1.29, 1.82) is 0 Å². The highest BCUT2D eigenvalue weighted by atomic mass is 16.2. The third-order valence-corrected chi connectivity index (χ3v) is 2.27. The van der Waals surface area contributed by atoms with Gasteiger partial charge in [0.1, 0.15) is 6.54 Å². The van der Waals surface area contributed by atoms with Crippen molar-refractivity contribution in [2.24, 2.45) is 0 Å². The molecule has 0 spiro atoms. The van der Waals surface area contributed by atoms with E-state index < -0.39 is 0 Å². The molecule has 0 saturated carbocycles. The zero-order valence-corrected chi connectivity index (χ0v) is 8.46. The predicted octanol–water partition coefficient (Wildman–Crippen LogP) is 1.05. The van der Waals surface area contributed by atoms with E-state index in [1.807, 2.05) is 13.8 Å². The number of urea groups is 1. The molecule has 1 N–H and O–H groups in total. The molecule has 1 saturated heterocycles. The fourth-order valence-corrected chi connectivity index (χ4v) is 1.36. The summed E-state index contributed by atoms with van der Waals surface area (Å²) in [6.45, 7) is 7.40. The van der Waals surface area contributed by atoms with Crippen LogP contribution < -0.4 is 5.32 Å². The SMILES string of the molecule is C=C=CCC(C)(C)N1CC(=O)NC1=O. The fraction of sp³-hybridized carbons (Fsp3) is 0.500. The van der Waals surface area contributed by atoms with E-state index in [1.165, 1.54) is 4.90 Å². The summed E-state index contributed by atoms with van der Waals surface area (Å²) < 4.78 is 0. The van der Waals surface area contributed by atoms with Crippen LogP contribution in [-0.2, 0) is 4.79 Å². The van der Waals surface area contributed by atoms with E-state index in [9.17, 15) is 9.59 Å². The predicted molar refractivity (Wildman–Crippen MR) is 52.7 cm³/mol. The van der Waals surface area contributed by atoms with Crippen LogP contribution in [0.25, 0.3) is 0 Å². The van der Waals surface area contributed by atoms with Gasteiger partial charge in [-0.1, -0.05) is 6.58 Å². The summed E-state index contributed by atoms with van der Waals surface area (Å²) in [7, 11) is 0. The molecule has 0 aliphatic carbocycles. The van der Waals surface area contributed by atoms with Gasteiger partial charge < -0.3 is 4.90 Å². The summed E-state index contributed by atoms with van der Waals surface area (Å²) >= 11 is 0. The van der Waals surface area contributed by atoms with Crippen LogP contribution in [0.4, 0.5) is 4.79 Å². The quantitative estimate of drug-likeness (QED) is 0.539. The number of hydrogen-bond donors (Lipinski definition) is 1. The van der Waals surface area contributed by atoms with Crippen LogP contribution in [-0.4, -0.2) is 28.9 Å². The average Bonchev–Trinajstić information content (AvgIpc) is 2.42. The molecule has 1 aliphatic rings. The second-order valence-corrected chi connectivity index (χ2v) is 3.86. The molecule has 4 nitrogen and oxygen atoms in total. The number of nitrogens with zero attached hydrogens (tertiary/aromatic N) is 1. The molecule has 0 aromatic rings. The van der Waals surface area contributed by atoms with Gasteiger partial charge in [0.05, 0.1) is 0 Å². The van der Waals surface area contributed by atoms with Crippen molar-refractivity contribution < 1.29 is 9.59 Å². The van der Waals surface area contributed by atoms with E-state index in [2.05, 4.69) is 17.6 Å². The Kier molecular flexibility index (Phi) is 2.77. The minimum atomic E-state index is -0.374. The topological polar surface area (TPSA) is 49.4 Å². The molecule has 1 fully saturated rings. The van der Waals surface area contributed by atoms with Crippen molar-refractivity contribution in [3.63, 3.8) is 0 Å². The zero-order chi connectivity index (χ0) is 10.8. The lowest BCUT2D eigenvalue weighted by Gasteiger charge is -2.32. The Balaban J connectivity index is 2.76. The van der Waals surface area contributed by atoms with Crippen molar-refractivity contribution in [3.05, 3.63) is 18.4 Å². The molecular formula is C10H14N2O2. The maximum absolute atomic E-state index is 11.3. The molecule has 0 aromatic carbocycles. The van der Waals surface area contributed by atoms with Gasteiger partial charge in [-0.05, 0) is 26.3 Å².